The molecule has 0 spiro atoms. The first kappa shape index (κ1) is 14.9. The Kier molecular flexibility index (Phi) is 4.78. The van der Waals surface area contributed by atoms with Gasteiger partial charge in [0.05, 0.1) is 0 Å². The van der Waals surface area contributed by atoms with E-state index in [1.165, 1.54) is 35.6 Å². The number of benzene rings is 1. The number of hydrogen-bond acceptors (Lipinski definition) is 4. The number of hydrogen-bond donors (Lipinski definition) is 3. The first-order chi connectivity index (χ1) is 10.1. The molecule has 110 valence electrons. The van der Waals surface area contributed by atoms with Crippen molar-refractivity contribution in [3.05, 3.63) is 46.7 Å². The third-order valence-electron chi connectivity index (χ3n) is 2.72. The zero-order valence-electron chi connectivity index (χ0n) is 11.0. The third-order valence-corrected chi connectivity index (χ3v) is 3.46. The van der Waals surface area contributed by atoms with E-state index in [-0.39, 0.29) is 5.75 Å². The zero-order valence-corrected chi connectivity index (χ0v) is 11.8. The molecule has 0 atom stereocenters. The van der Waals surface area contributed by atoms with E-state index in [4.69, 9.17) is 5.11 Å². The standard InChI is InChI=1S/C14H14N2O4S/c17-12-3-1-11(2-4-12)16(8-13(18)19)14(20)15-7-10-5-6-21-9-10/h1-6,9,17H,7-8H2,(H,15,20)(H,18,19). The number of rotatable bonds is 5. The Bertz CT molecular complexity index is 610. The smallest absolute Gasteiger partial charge is 0.323 e. The Morgan fingerprint density at radius 3 is 2.48 bits per heavy atom. The molecule has 0 fully saturated rings. The zero-order chi connectivity index (χ0) is 15.2. The molecule has 0 saturated heterocycles. The number of anilines is 1. The molecule has 1 aromatic carbocycles. The van der Waals surface area contributed by atoms with E-state index in [1.54, 1.807) is 0 Å². The van der Waals surface area contributed by atoms with Gasteiger partial charge in [0.2, 0.25) is 0 Å². The predicted molar refractivity (Wildman–Crippen MR) is 79.6 cm³/mol. The molecule has 0 radical (unpaired) electrons. The molecule has 0 saturated carbocycles. The first-order valence-electron chi connectivity index (χ1n) is 6.13. The van der Waals surface area contributed by atoms with Gasteiger partial charge in [-0.15, -0.1) is 0 Å². The van der Waals surface area contributed by atoms with E-state index in [1.807, 2.05) is 16.8 Å². The summed E-state index contributed by atoms with van der Waals surface area (Å²) >= 11 is 1.52. The van der Waals surface area contributed by atoms with E-state index in [0.29, 0.717) is 12.2 Å². The van der Waals surface area contributed by atoms with Gasteiger partial charge in [-0.25, -0.2) is 4.79 Å². The maximum Gasteiger partial charge on any atom is 0.323 e. The highest BCUT2D eigenvalue weighted by molar-refractivity contribution is 7.07. The van der Waals surface area contributed by atoms with Crippen LogP contribution in [0.2, 0.25) is 0 Å². The lowest BCUT2D eigenvalue weighted by Gasteiger charge is -2.21. The molecule has 6 nitrogen and oxygen atoms in total. The highest BCUT2D eigenvalue weighted by Crippen LogP contribution is 2.18. The molecular formula is C14H14N2O4S. The summed E-state index contributed by atoms with van der Waals surface area (Å²) in [5, 5.41) is 24.7. The quantitative estimate of drug-likeness (QED) is 0.790. The van der Waals surface area contributed by atoms with Gasteiger partial charge in [0.15, 0.2) is 0 Å². The minimum atomic E-state index is -1.12. The van der Waals surface area contributed by atoms with Crippen LogP contribution in [-0.2, 0) is 11.3 Å². The number of carbonyl (C=O) groups is 2. The van der Waals surface area contributed by atoms with Gasteiger partial charge in [-0.3, -0.25) is 9.69 Å². The van der Waals surface area contributed by atoms with E-state index in [0.717, 1.165) is 10.5 Å². The molecule has 1 aromatic heterocycles. The maximum absolute atomic E-state index is 12.2. The molecule has 21 heavy (non-hydrogen) atoms. The van der Waals surface area contributed by atoms with Crippen molar-refractivity contribution in [1.82, 2.24) is 5.32 Å². The summed E-state index contributed by atoms with van der Waals surface area (Å²) < 4.78 is 0. The van der Waals surface area contributed by atoms with Crippen molar-refractivity contribution < 1.29 is 19.8 Å². The fourth-order valence-corrected chi connectivity index (χ4v) is 2.38. The molecule has 0 aliphatic rings. The second-order valence-corrected chi connectivity index (χ2v) is 5.07. The molecule has 0 aliphatic heterocycles. The van der Waals surface area contributed by atoms with E-state index in [9.17, 15) is 14.7 Å². The second kappa shape index (κ2) is 6.76. The number of aromatic hydroxyl groups is 1. The Morgan fingerprint density at radius 1 is 1.19 bits per heavy atom. The van der Waals surface area contributed by atoms with Gasteiger partial charge < -0.3 is 15.5 Å². The summed E-state index contributed by atoms with van der Waals surface area (Å²) in [6.07, 6.45) is 0. The minimum Gasteiger partial charge on any atom is -0.508 e. The highest BCUT2D eigenvalue weighted by atomic mass is 32.1. The molecule has 1 heterocycles. The Hall–Kier alpha value is -2.54. The molecule has 7 heteroatoms. The number of phenolic OH excluding ortho intramolecular Hbond substituents is 1. The minimum absolute atomic E-state index is 0.0488. The van der Waals surface area contributed by atoms with E-state index < -0.39 is 18.5 Å². The second-order valence-electron chi connectivity index (χ2n) is 4.29. The summed E-state index contributed by atoms with van der Waals surface area (Å²) in [6.45, 7) is -0.128. The number of nitrogens with zero attached hydrogens (tertiary/aromatic N) is 1. The van der Waals surface area contributed by atoms with Gasteiger partial charge in [-0.05, 0) is 46.7 Å². The first-order valence-corrected chi connectivity index (χ1v) is 7.08. The number of urea groups is 1. The van der Waals surface area contributed by atoms with Crippen molar-refractivity contribution in [2.24, 2.45) is 0 Å². The third kappa shape index (κ3) is 4.22. The molecule has 0 aliphatic carbocycles. The topological polar surface area (TPSA) is 89.9 Å². The van der Waals surface area contributed by atoms with Crippen molar-refractivity contribution in [3.63, 3.8) is 0 Å². The predicted octanol–water partition coefficient (Wildman–Crippen LogP) is 2.25. The highest BCUT2D eigenvalue weighted by Gasteiger charge is 2.18. The molecule has 0 unspecified atom stereocenters. The SMILES string of the molecule is O=C(O)CN(C(=O)NCc1ccsc1)c1ccc(O)cc1. The van der Waals surface area contributed by atoms with Crippen LogP contribution in [0.15, 0.2) is 41.1 Å². The van der Waals surface area contributed by atoms with E-state index >= 15 is 0 Å². The van der Waals surface area contributed by atoms with Crippen molar-refractivity contribution in [3.8, 4) is 5.75 Å². The number of amides is 2. The summed E-state index contributed by atoms with van der Waals surface area (Å²) in [4.78, 5) is 24.2. The summed E-state index contributed by atoms with van der Waals surface area (Å²) in [5.41, 5.74) is 1.35. The number of carbonyl (C=O) groups excluding carboxylic acids is 1. The van der Waals surface area contributed by atoms with Crippen LogP contribution in [0.3, 0.4) is 0 Å². The van der Waals surface area contributed by atoms with Crippen LogP contribution in [0.5, 0.6) is 5.75 Å². The van der Waals surface area contributed by atoms with Crippen LogP contribution in [0.1, 0.15) is 5.56 Å². The van der Waals surface area contributed by atoms with Crippen LogP contribution in [-0.4, -0.2) is 28.8 Å². The molecule has 2 aromatic rings. The maximum atomic E-state index is 12.2. The van der Waals surface area contributed by atoms with E-state index in [2.05, 4.69) is 5.32 Å². The lowest BCUT2D eigenvalue weighted by atomic mass is 10.2. The number of thiophene rings is 1. The van der Waals surface area contributed by atoms with Crippen LogP contribution in [0.4, 0.5) is 10.5 Å². The number of phenols is 1. The Balaban J connectivity index is 2.09. The van der Waals surface area contributed by atoms with Gasteiger partial charge in [-0.2, -0.15) is 11.3 Å². The van der Waals surface area contributed by atoms with Crippen LogP contribution >= 0.6 is 11.3 Å². The van der Waals surface area contributed by atoms with Crippen molar-refractivity contribution in [2.75, 3.05) is 11.4 Å². The van der Waals surface area contributed by atoms with Crippen LogP contribution in [0.25, 0.3) is 0 Å². The van der Waals surface area contributed by atoms with Crippen molar-refractivity contribution in [1.29, 1.82) is 0 Å². The summed E-state index contributed by atoms with van der Waals surface area (Å²) in [5.74, 6) is -1.07. The fourth-order valence-electron chi connectivity index (χ4n) is 1.71. The lowest BCUT2D eigenvalue weighted by Crippen LogP contribution is -2.42. The molecule has 2 rings (SSSR count). The largest absolute Gasteiger partial charge is 0.508 e. The normalized spacial score (nSPS) is 10.1. The van der Waals surface area contributed by atoms with Gasteiger partial charge in [0, 0.05) is 12.2 Å². The average molecular weight is 306 g/mol. The summed E-state index contributed by atoms with van der Waals surface area (Å²) in [6, 6.07) is 7.15. The molecule has 2 amide bonds. The number of nitrogens with one attached hydrogen (secondary N) is 1. The molecular weight excluding hydrogens is 292 g/mol. The van der Waals surface area contributed by atoms with Gasteiger partial charge in [0.25, 0.3) is 0 Å². The monoisotopic (exact) mass is 306 g/mol. The Labute approximate surface area is 125 Å². The number of carboxylic acid groups (broad SMARTS) is 1. The molecule has 0 bridgehead atoms. The summed E-state index contributed by atoms with van der Waals surface area (Å²) in [7, 11) is 0. The van der Waals surface area contributed by atoms with Gasteiger partial charge in [0.1, 0.15) is 12.3 Å². The number of carboxylic acids is 1. The van der Waals surface area contributed by atoms with Crippen LogP contribution < -0.4 is 10.2 Å². The lowest BCUT2D eigenvalue weighted by molar-refractivity contribution is -0.135. The van der Waals surface area contributed by atoms with Gasteiger partial charge >= 0.3 is 12.0 Å². The number of aliphatic carboxylic acids is 1. The fraction of sp³-hybridized carbons (Fsp3) is 0.143. The Morgan fingerprint density at radius 2 is 1.90 bits per heavy atom. The van der Waals surface area contributed by atoms with Crippen LogP contribution in [0, 0.1) is 0 Å². The van der Waals surface area contributed by atoms with Crippen molar-refractivity contribution in [2.45, 2.75) is 6.54 Å². The van der Waals surface area contributed by atoms with Crippen molar-refractivity contribution >= 4 is 29.0 Å². The average Bonchev–Trinajstić information content (AvgIpc) is 2.96. The molecule has 3 N–H and O–H groups in total. The van der Waals surface area contributed by atoms with Gasteiger partial charge in [-0.1, -0.05) is 0 Å².